The van der Waals surface area contributed by atoms with E-state index >= 15 is 0 Å². The van der Waals surface area contributed by atoms with Gasteiger partial charge in [-0.15, -0.1) is 0 Å². The minimum absolute atomic E-state index is 0.0311. The summed E-state index contributed by atoms with van der Waals surface area (Å²) in [6.45, 7) is 4.94. The molecule has 1 rings (SSSR count). The molecular weight excluding hydrogens is 214 g/mol. The van der Waals surface area contributed by atoms with Gasteiger partial charge in [0.2, 0.25) is 0 Å². The molecule has 0 spiro atoms. The van der Waals surface area contributed by atoms with Crippen molar-refractivity contribution >= 4 is 0 Å². The summed E-state index contributed by atoms with van der Waals surface area (Å²) in [5.74, 6) is 1.07. The maximum atomic E-state index is 9.07. The van der Waals surface area contributed by atoms with Crippen molar-refractivity contribution in [2.75, 3.05) is 13.2 Å². The summed E-state index contributed by atoms with van der Waals surface area (Å²) in [5.41, 5.74) is 7.09. The Morgan fingerprint density at radius 1 is 1.41 bits per heavy atom. The number of hydrogen-bond acceptors (Lipinski definition) is 3. The van der Waals surface area contributed by atoms with Crippen molar-refractivity contribution in [1.82, 2.24) is 0 Å². The van der Waals surface area contributed by atoms with Crippen molar-refractivity contribution in [2.45, 2.75) is 38.6 Å². The lowest BCUT2D eigenvalue weighted by molar-refractivity contribution is 0.268. The van der Waals surface area contributed by atoms with Crippen LogP contribution in [-0.4, -0.2) is 24.4 Å². The Kier molecular flexibility index (Phi) is 6.01. The fourth-order valence-corrected chi connectivity index (χ4v) is 1.93. The second-order valence-electron chi connectivity index (χ2n) is 4.40. The van der Waals surface area contributed by atoms with Crippen LogP contribution in [-0.2, 0) is 0 Å². The number of aliphatic hydroxyl groups excluding tert-OH is 1. The smallest absolute Gasteiger partial charge is 0.119 e. The fraction of sp³-hybridized carbons (Fsp3) is 0.571. The number of benzene rings is 1. The molecule has 3 N–H and O–H groups in total. The Bertz CT molecular complexity index is 326. The standard InChI is InChI=1S/C14H23NO2/c1-3-9-17-13-6-4-5-12(10-13)14(7-8-16)11(2)15/h4-6,10-11,14,16H,3,7-9,15H2,1-2H3. The predicted octanol–water partition coefficient (Wildman–Crippen LogP) is 2.29. The van der Waals surface area contributed by atoms with Crippen LogP contribution in [0.15, 0.2) is 24.3 Å². The van der Waals surface area contributed by atoms with Gasteiger partial charge < -0.3 is 15.6 Å². The summed E-state index contributed by atoms with van der Waals surface area (Å²) in [6, 6.07) is 8.04. The van der Waals surface area contributed by atoms with Gasteiger partial charge in [-0.2, -0.15) is 0 Å². The van der Waals surface area contributed by atoms with Gasteiger partial charge in [0, 0.05) is 18.6 Å². The first kappa shape index (κ1) is 14.0. The maximum absolute atomic E-state index is 9.07. The highest BCUT2D eigenvalue weighted by molar-refractivity contribution is 5.31. The van der Waals surface area contributed by atoms with E-state index in [2.05, 4.69) is 6.92 Å². The largest absolute Gasteiger partial charge is 0.494 e. The van der Waals surface area contributed by atoms with Crippen molar-refractivity contribution in [3.8, 4) is 5.75 Å². The van der Waals surface area contributed by atoms with Gasteiger partial charge in [-0.05, 0) is 37.5 Å². The molecule has 3 heteroatoms. The number of nitrogens with two attached hydrogens (primary N) is 1. The summed E-state index contributed by atoms with van der Waals surface area (Å²) >= 11 is 0. The summed E-state index contributed by atoms with van der Waals surface area (Å²) < 4.78 is 5.60. The van der Waals surface area contributed by atoms with E-state index in [1.165, 1.54) is 0 Å². The van der Waals surface area contributed by atoms with E-state index in [-0.39, 0.29) is 18.6 Å². The molecule has 1 aromatic carbocycles. The van der Waals surface area contributed by atoms with Gasteiger partial charge >= 0.3 is 0 Å². The molecule has 0 saturated carbocycles. The molecule has 0 aliphatic carbocycles. The van der Waals surface area contributed by atoms with Crippen LogP contribution in [0.4, 0.5) is 0 Å². The molecule has 2 unspecified atom stereocenters. The molecule has 2 atom stereocenters. The van der Waals surface area contributed by atoms with Crippen molar-refractivity contribution in [3.63, 3.8) is 0 Å². The fourth-order valence-electron chi connectivity index (χ4n) is 1.93. The van der Waals surface area contributed by atoms with E-state index in [0.29, 0.717) is 6.42 Å². The summed E-state index contributed by atoms with van der Waals surface area (Å²) in [7, 11) is 0. The van der Waals surface area contributed by atoms with Gasteiger partial charge in [-0.25, -0.2) is 0 Å². The molecular formula is C14H23NO2. The zero-order valence-electron chi connectivity index (χ0n) is 10.7. The minimum Gasteiger partial charge on any atom is -0.494 e. The SMILES string of the molecule is CCCOc1cccc(C(CCO)C(C)N)c1. The van der Waals surface area contributed by atoms with E-state index in [4.69, 9.17) is 15.6 Å². The molecule has 0 radical (unpaired) electrons. The molecule has 0 amide bonds. The lowest BCUT2D eigenvalue weighted by Crippen LogP contribution is -2.25. The van der Waals surface area contributed by atoms with E-state index < -0.39 is 0 Å². The van der Waals surface area contributed by atoms with Crippen LogP contribution < -0.4 is 10.5 Å². The van der Waals surface area contributed by atoms with Crippen LogP contribution >= 0.6 is 0 Å². The number of hydrogen-bond donors (Lipinski definition) is 2. The van der Waals surface area contributed by atoms with Crippen LogP contribution in [0.5, 0.6) is 5.75 Å². The highest BCUT2D eigenvalue weighted by Gasteiger charge is 2.16. The number of rotatable bonds is 7. The van der Waals surface area contributed by atoms with E-state index in [1.54, 1.807) is 0 Å². The summed E-state index contributed by atoms with van der Waals surface area (Å²) in [6.07, 6.45) is 1.69. The minimum atomic E-state index is 0.0311. The normalized spacial score (nSPS) is 14.4. The van der Waals surface area contributed by atoms with Crippen LogP contribution in [0.25, 0.3) is 0 Å². The lowest BCUT2D eigenvalue weighted by atomic mass is 9.90. The molecule has 0 fully saturated rings. The molecule has 0 saturated heterocycles. The van der Waals surface area contributed by atoms with Gasteiger partial charge in [-0.1, -0.05) is 19.1 Å². The van der Waals surface area contributed by atoms with Gasteiger partial charge in [-0.3, -0.25) is 0 Å². The zero-order valence-corrected chi connectivity index (χ0v) is 10.7. The summed E-state index contributed by atoms with van der Waals surface area (Å²) in [5, 5.41) is 9.07. The van der Waals surface area contributed by atoms with Gasteiger partial charge in [0.25, 0.3) is 0 Å². The Labute approximate surface area is 104 Å². The molecule has 17 heavy (non-hydrogen) atoms. The second kappa shape index (κ2) is 7.30. The molecule has 1 aromatic rings. The third kappa shape index (κ3) is 4.36. The first-order valence-electron chi connectivity index (χ1n) is 6.28. The molecule has 0 aliphatic rings. The van der Waals surface area contributed by atoms with Crippen LogP contribution in [0.1, 0.15) is 38.2 Å². The summed E-state index contributed by atoms with van der Waals surface area (Å²) in [4.78, 5) is 0. The molecule has 0 aromatic heterocycles. The Morgan fingerprint density at radius 3 is 2.76 bits per heavy atom. The third-order valence-corrected chi connectivity index (χ3v) is 2.83. The molecule has 96 valence electrons. The topological polar surface area (TPSA) is 55.5 Å². The van der Waals surface area contributed by atoms with Gasteiger partial charge in [0.1, 0.15) is 5.75 Å². The van der Waals surface area contributed by atoms with E-state index in [1.807, 2.05) is 31.2 Å². The first-order valence-corrected chi connectivity index (χ1v) is 6.28. The van der Waals surface area contributed by atoms with Crippen LogP contribution in [0.3, 0.4) is 0 Å². The quantitative estimate of drug-likeness (QED) is 0.765. The Hall–Kier alpha value is -1.06. The van der Waals surface area contributed by atoms with Crippen molar-refractivity contribution in [1.29, 1.82) is 0 Å². The van der Waals surface area contributed by atoms with Crippen LogP contribution in [0, 0.1) is 0 Å². The molecule has 0 aliphatic heterocycles. The first-order chi connectivity index (χ1) is 8.19. The van der Waals surface area contributed by atoms with Crippen molar-refractivity contribution in [2.24, 2.45) is 5.73 Å². The highest BCUT2D eigenvalue weighted by atomic mass is 16.5. The molecule has 3 nitrogen and oxygen atoms in total. The number of aliphatic hydroxyl groups is 1. The predicted molar refractivity (Wildman–Crippen MR) is 70.3 cm³/mol. The number of ether oxygens (including phenoxy) is 1. The Morgan fingerprint density at radius 2 is 2.18 bits per heavy atom. The van der Waals surface area contributed by atoms with Gasteiger partial charge in [0.05, 0.1) is 6.61 Å². The van der Waals surface area contributed by atoms with E-state index in [0.717, 1.165) is 24.3 Å². The third-order valence-electron chi connectivity index (χ3n) is 2.83. The monoisotopic (exact) mass is 237 g/mol. The highest BCUT2D eigenvalue weighted by Crippen LogP contribution is 2.25. The average Bonchev–Trinajstić information content (AvgIpc) is 2.33. The van der Waals surface area contributed by atoms with Crippen LogP contribution in [0.2, 0.25) is 0 Å². The average molecular weight is 237 g/mol. The van der Waals surface area contributed by atoms with Crippen molar-refractivity contribution < 1.29 is 9.84 Å². The molecule has 0 bridgehead atoms. The maximum Gasteiger partial charge on any atom is 0.119 e. The lowest BCUT2D eigenvalue weighted by Gasteiger charge is -2.21. The Balaban J connectivity index is 2.80. The van der Waals surface area contributed by atoms with E-state index in [9.17, 15) is 0 Å². The van der Waals surface area contributed by atoms with Gasteiger partial charge in [0.15, 0.2) is 0 Å². The zero-order chi connectivity index (χ0) is 12.7. The second-order valence-corrected chi connectivity index (χ2v) is 4.40. The van der Waals surface area contributed by atoms with Crippen molar-refractivity contribution in [3.05, 3.63) is 29.8 Å². The molecule has 0 heterocycles.